The minimum Gasteiger partial charge on any atom is -0.455 e. The molecule has 0 atom stereocenters. The molecule has 2 nitrogen and oxygen atoms in total. The van der Waals surface area contributed by atoms with Crippen LogP contribution in [-0.2, 0) is 6.42 Å². The van der Waals surface area contributed by atoms with Crippen LogP contribution >= 0.6 is 0 Å². The van der Waals surface area contributed by atoms with E-state index in [2.05, 4.69) is 25.8 Å². The standard InChI is InChI=1S/C41H37NO/c1-25-20-28(23-41(4,5)6)14-17-31(25)30-16-18-32(26(2)21-30)37-22-38(42-24-27(37)3)36-13-9-12-34-35-19-15-29-10-7-8-11-33(29)39(35)43-40(34)36/h7-22,24H,23H2,1-6H3/i1D3,2D3,3D3. The van der Waals surface area contributed by atoms with Gasteiger partial charge in [-0.25, -0.2) is 0 Å². The van der Waals surface area contributed by atoms with Gasteiger partial charge in [0.15, 0.2) is 0 Å². The first-order chi connectivity index (χ1) is 24.3. The van der Waals surface area contributed by atoms with Gasteiger partial charge in [-0.15, -0.1) is 0 Å². The van der Waals surface area contributed by atoms with Crippen LogP contribution in [0.2, 0.25) is 0 Å². The monoisotopic (exact) mass is 568 g/mol. The van der Waals surface area contributed by atoms with E-state index in [1.807, 2.05) is 60.7 Å². The van der Waals surface area contributed by atoms with Gasteiger partial charge in [0.1, 0.15) is 11.2 Å². The van der Waals surface area contributed by atoms with Crippen molar-refractivity contribution in [2.75, 3.05) is 0 Å². The highest BCUT2D eigenvalue weighted by atomic mass is 16.3. The molecule has 0 saturated carbocycles. The number of fused-ring (bicyclic) bond motifs is 5. The van der Waals surface area contributed by atoms with Gasteiger partial charge in [-0.05, 0) is 100 Å². The molecule has 0 unspecified atom stereocenters. The van der Waals surface area contributed by atoms with Crippen LogP contribution in [-0.4, -0.2) is 4.98 Å². The first-order valence-corrected chi connectivity index (χ1v) is 14.4. The van der Waals surface area contributed by atoms with Gasteiger partial charge in [0.25, 0.3) is 0 Å². The Kier molecular flexibility index (Phi) is 4.47. The number of benzene rings is 5. The minimum atomic E-state index is -2.67. The highest BCUT2D eigenvalue weighted by Gasteiger charge is 2.17. The zero-order valence-corrected chi connectivity index (χ0v) is 24.4. The van der Waals surface area contributed by atoms with Crippen molar-refractivity contribution in [3.8, 4) is 33.5 Å². The third-order valence-electron chi connectivity index (χ3n) is 8.01. The smallest absolute Gasteiger partial charge is 0.144 e. The molecular weight excluding hydrogens is 522 g/mol. The van der Waals surface area contributed by atoms with Crippen molar-refractivity contribution in [3.63, 3.8) is 0 Å². The normalized spacial score (nSPS) is 16.0. The maximum atomic E-state index is 8.56. The molecule has 0 fully saturated rings. The molecule has 2 heterocycles. The molecule has 0 amide bonds. The van der Waals surface area contributed by atoms with E-state index < -0.39 is 20.6 Å². The van der Waals surface area contributed by atoms with Gasteiger partial charge in [0, 0.05) is 40.3 Å². The van der Waals surface area contributed by atoms with Crippen molar-refractivity contribution in [1.29, 1.82) is 0 Å². The number of para-hydroxylation sites is 1. The zero-order valence-electron chi connectivity index (χ0n) is 33.4. The Labute approximate surface area is 266 Å². The Morgan fingerprint density at radius 1 is 0.628 bits per heavy atom. The lowest BCUT2D eigenvalue weighted by Gasteiger charge is -2.19. The summed E-state index contributed by atoms with van der Waals surface area (Å²) in [7, 11) is 0. The largest absolute Gasteiger partial charge is 0.455 e. The average molecular weight is 569 g/mol. The predicted octanol–water partition coefficient (Wildman–Crippen LogP) is 11.6. The van der Waals surface area contributed by atoms with E-state index in [0.29, 0.717) is 34.4 Å². The lowest BCUT2D eigenvalue weighted by molar-refractivity contribution is 0.411. The number of pyridine rings is 1. The van der Waals surface area contributed by atoms with E-state index in [4.69, 9.17) is 16.8 Å². The third kappa shape index (κ3) is 4.91. The van der Waals surface area contributed by atoms with E-state index >= 15 is 0 Å². The van der Waals surface area contributed by atoms with Crippen molar-refractivity contribution in [3.05, 3.63) is 126 Å². The summed E-state index contributed by atoms with van der Waals surface area (Å²) >= 11 is 0. The van der Waals surface area contributed by atoms with Crippen molar-refractivity contribution < 1.29 is 16.8 Å². The fraction of sp³-hybridized carbons (Fsp3) is 0.195. The molecule has 0 aliphatic heterocycles. The molecule has 0 aliphatic carbocycles. The predicted molar refractivity (Wildman–Crippen MR) is 183 cm³/mol. The van der Waals surface area contributed by atoms with Crippen LogP contribution in [0.25, 0.3) is 66.2 Å². The summed E-state index contributed by atoms with van der Waals surface area (Å²) in [6.45, 7) is -1.52. The van der Waals surface area contributed by atoms with Crippen molar-refractivity contribution >= 4 is 32.7 Å². The number of furan rings is 1. The molecule has 0 aliphatic rings. The van der Waals surface area contributed by atoms with Gasteiger partial charge in [0.2, 0.25) is 0 Å². The maximum Gasteiger partial charge on any atom is 0.144 e. The first-order valence-electron chi connectivity index (χ1n) is 18.9. The Bertz CT molecular complexity index is 2500. The summed E-state index contributed by atoms with van der Waals surface area (Å²) < 4.78 is 82.3. The van der Waals surface area contributed by atoms with Crippen LogP contribution in [0, 0.1) is 26.0 Å². The van der Waals surface area contributed by atoms with E-state index in [-0.39, 0.29) is 33.2 Å². The Morgan fingerprint density at radius 2 is 1.40 bits per heavy atom. The number of nitrogens with zero attached hydrogens (tertiary/aromatic N) is 1. The first kappa shape index (κ1) is 18.8. The molecule has 2 heteroatoms. The Morgan fingerprint density at radius 3 is 2.23 bits per heavy atom. The van der Waals surface area contributed by atoms with E-state index in [1.54, 1.807) is 30.3 Å². The molecule has 5 aromatic carbocycles. The SMILES string of the molecule is [2H]C([2H])([2H])c1cc(CC(C)(C)C)ccc1-c1ccc(-c2cc(-c3cccc4c3oc3c5ccccc5ccc43)ncc2C([2H])([2H])[2H])c(C([2H])([2H])[2H])c1. The highest BCUT2D eigenvalue weighted by molar-refractivity contribution is 6.17. The summed E-state index contributed by atoms with van der Waals surface area (Å²) in [5.74, 6) is 0. The van der Waals surface area contributed by atoms with E-state index in [9.17, 15) is 0 Å². The molecule has 7 aromatic rings. The second kappa shape index (κ2) is 10.2. The number of aromatic nitrogens is 1. The number of hydrogen-bond donors (Lipinski definition) is 0. The average Bonchev–Trinajstić information content (AvgIpc) is 3.45. The number of rotatable bonds is 4. The summed E-state index contributed by atoms with van der Waals surface area (Å²) in [5.41, 5.74) is 4.25. The number of hydrogen-bond acceptors (Lipinski definition) is 2. The van der Waals surface area contributed by atoms with Gasteiger partial charge < -0.3 is 4.42 Å². The van der Waals surface area contributed by atoms with E-state index in [1.165, 1.54) is 12.3 Å². The summed E-state index contributed by atoms with van der Waals surface area (Å²) in [4.78, 5) is 4.59. The molecule has 0 radical (unpaired) electrons. The van der Waals surface area contributed by atoms with Crippen molar-refractivity contribution in [2.24, 2.45) is 5.41 Å². The zero-order chi connectivity index (χ0) is 37.4. The maximum absolute atomic E-state index is 8.56. The third-order valence-corrected chi connectivity index (χ3v) is 8.01. The molecule has 0 saturated heterocycles. The van der Waals surface area contributed by atoms with Gasteiger partial charge in [0.05, 0.1) is 5.69 Å². The molecule has 43 heavy (non-hydrogen) atoms. The molecular formula is C41H37NO. The Balaban J connectivity index is 1.43. The van der Waals surface area contributed by atoms with Gasteiger partial charge >= 0.3 is 0 Å². The van der Waals surface area contributed by atoms with Crippen LogP contribution in [0.5, 0.6) is 0 Å². The number of aryl methyl sites for hydroxylation is 3. The fourth-order valence-corrected chi connectivity index (χ4v) is 6.07. The Hall–Kier alpha value is -4.69. The van der Waals surface area contributed by atoms with E-state index in [0.717, 1.165) is 32.7 Å². The summed E-state index contributed by atoms with van der Waals surface area (Å²) in [6.07, 6.45) is 1.95. The lowest BCUT2D eigenvalue weighted by Crippen LogP contribution is -2.09. The quantitative estimate of drug-likeness (QED) is 0.211. The van der Waals surface area contributed by atoms with Gasteiger partial charge in [-0.3, -0.25) is 4.98 Å². The molecule has 0 N–H and O–H groups in total. The fourth-order valence-electron chi connectivity index (χ4n) is 6.07. The molecule has 2 aromatic heterocycles. The molecule has 212 valence electrons. The summed E-state index contributed by atoms with van der Waals surface area (Å²) in [6, 6.07) is 29.3. The van der Waals surface area contributed by atoms with Gasteiger partial charge in [-0.1, -0.05) is 99.6 Å². The van der Waals surface area contributed by atoms with Crippen LogP contribution in [0.4, 0.5) is 0 Å². The molecule has 0 bridgehead atoms. The minimum absolute atomic E-state index is 0.0716. The van der Waals surface area contributed by atoms with Crippen LogP contribution in [0.3, 0.4) is 0 Å². The van der Waals surface area contributed by atoms with Gasteiger partial charge in [-0.2, -0.15) is 0 Å². The highest BCUT2D eigenvalue weighted by Crippen LogP contribution is 2.40. The second-order valence-corrected chi connectivity index (χ2v) is 12.4. The van der Waals surface area contributed by atoms with Crippen LogP contribution < -0.4 is 0 Å². The summed E-state index contributed by atoms with van der Waals surface area (Å²) in [5, 5.41) is 3.79. The lowest BCUT2D eigenvalue weighted by atomic mass is 9.86. The molecule has 0 spiro atoms. The second-order valence-electron chi connectivity index (χ2n) is 12.4. The van der Waals surface area contributed by atoms with Crippen LogP contribution in [0.1, 0.15) is 55.4 Å². The molecule has 7 rings (SSSR count). The van der Waals surface area contributed by atoms with Crippen molar-refractivity contribution in [2.45, 2.75) is 47.7 Å². The topological polar surface area (TPSA) is 26.0 Å². The van der Waals surface area contributed by atoms with Crippen LogP contribution in [0.15, 0.2) is 108 Å². The van der Waals surface area contributed by atoms with Crippen molar-refractivity contribution in [1.82, 2.24) is 4.98 Å².